The number of nitrogens with one attached hydrogen (secondary N) is 1. The lowest BCUT2D eigenvalue weighted by molar-refractivity contribution is -0.135. The van der Waals surface area contributed by atoms with Gasteiger partial charge in [0.25, 0.3) is 0 Å². The second-order valence-electron chi connectivity index (χ2n) is 10.5. The molecule has 1 unspecified atom stereocenters. The minimum absolute atomic E-state index is 0.0936. The Morgan fingerprint density at radius 2 is 1.79 bits per heavy atom. The van der Waals surface area contributed by atoms with Crippen LogP contribution in [0.5, 0.6) is 0 Å². The van der Waals surface area contributed by atoms with E-state index in [0.29, 0.717) is 25.0 Å². The first kappa shape index (κ1) is 21.5. The molecule has 10 heteroatoms. The molecule has 0 radical (unpaired) electrons. The Hall–Kier alpha value is -3.30. The third kappa shape index (κ3) is 3.57. The number of amides is 3. The van der Waals surface area contributed by atoms with Gasteiger partial charge in [-0.3, -0.25) is 24.0 Å². The van der Waals surface area contributed by atoms with Crippen LogP contribution in [0.1, 0.15) is 39.7 Å². The molecule has 10 nitrogen and oxygen atoms in total. The van der Waals surface area contributed by atoms with Gasteiger partial charge in [-0.2, -0.15) is 0 Å². The third-order valence-corrected chi connectivity index (χ3v) is 6.72. The van der Waals surface area contributed by atoms with E-state index >= 15 is 0 Å². The summed E-state index contributed by atoms with van der Waals surface area (Å²) in [4.78, 5) is 53.0. The number of hydrogen-bond donors (Lipinski definition) is 1. The van der Waals surface area contributed by atoms with Crippen LogP contribution in [0, 0.1) is 5.41 Å². The molecule has 3 amide bonds. The number of aromatic nitrogens is 2. The highest BCUT2D eigenvalue weighted by Gasteiger charge is 2.54. The molecule has 1 aromatic carbocycles. The number of imide groups is 1. The van der Waals surface area contributed by atoms with E-state index in [-0.39, 0.29) is 29.5 Å². The van der Waals surface area contributed by atoms with Gasteiger partial charge in [0.1, 0.15) is 11.6 Å². The van der Waals surface area contributed by atoms with Crippen molar-refractivity contribution in [2.45, 2.75) is 45.3 Å². The van der Waals surface area contributed by atoms with E-state index in [1.807, 2.05) is 39.0 Å². The van der Waals surface area contributed by atoms with Crippen molar-refractivity contribution in [3.8, 4) is 0 Å². The zero-order chi connectivity index (χ0) is 23.7. The lowest BCUT2D eigenvalue weighted by atomic mass is 9.73. The van der Waals surface area contributed by atoms with Gasteiger partial charge < -0.3 is 14.5 Å². The van der Waals surface area contributed by atoms with Crippen molar-refractivity contribution in [2.24, 2.45) is 12.5 Å². The van der Waals surface area contributed by atoms with Crippen LogP contribution in [-0.4, -0.2) is 63.7 Å². The van der Waals surface area contributed by atoms with Crippen LogP contribution in [0.2, 0.25) is 0 Å². The van der Waals surface area contributed by atoms with Crippen molar-refractivity contribution in [3.63, 3.8) is 0 Å². The van der Waals surface area contributed by atoms with E-state index in [1.165, 1.54) is 4.57 Å². The number of nitrogens with zero attached hydrogens (tertiary/aromatic N) is 4. The number of imidazole rings is 1. The number of piperidine rings is 1. The molecule has 3 saturated heterocycles. The van der Waals surface area contributed by atoms with Crippen molar-refractivity contribution in [3.05, 3.63) is 28.7 Å². The third-order valence-electron chi connectivity index (χ3n) is 6.72. The summed E-state index contributed by atoms with van der Waals surface area (Å²) in [5.41, 5.74) is 1.74. The number of carbonyl (C=O) groups excluding carboxylic acids is 3. The highest BCUT2D eigenvalue weighted by molar-refractivity contribution is 6.00. The standard InChI is InChI=1S/C23H29N5O5/c1-22(2,3)33-21(32)27-12-23(13-27)10-26(11-23)14-5-6-15-17(9-14)25(4)20(31)28(15)16-7-8-18(29)24-19(16)30/h5-6,9,16H,7-8,10-13H2,1-4H3,(H,24,29,30). The van der Waals surface area contributed by atoms with Gasteiger partial charge in [0, 0.05) is 50.7 Å². The van der Waals surface area contributed by atoms with Crippen LogP contribution in [0.15, 0.2) is 23.0 Å². The Kier molecular flexibility index (Phi) is 4.63. The van der Waals surface area contributed by atoms with Crippen molar-refractivity contribution in [1.29, 1.82) is 0 Å². The van der Waals surface area contributed by atoms with Crippen LogP contribution in [0.4, 0.5) is 10.5 Å². The monoisotopic (exact) mass is 455 g/mol. The Bertz CT molecular complexity index is 1220. The molecule has 0 saturated carbocycles. The van der Waals surface area contributed by atoms with E-state index in [2.05, 4.69) is 10.2 Å². The molecular weight excluding hydrogens is 426 g/mol. The molecule has 0 bridgehead atoms. The maximum atomic E-state index is 12.9. The maximum absolute atomic E-state index is 12.9. The molecule has 1 atom stereocenters. The van der Waals surface area contributed by atoms with Gasteiger partial charge in [-0.1, -0.05) is 0 Å². The van der Waals surface area contributed by atoms with Crippen LogP contribution >= 0.6 is 0 Å². The van der Waals surface area contributed by atoms with Gasteiger partial charge in [0.2, 0.25) is 11.8 Å². The molecule has 4 heterocycles. The van der Waals surface area contributed by atoms with Crippen LogP contribution in [0.25, 0.3) is 11.0 Å². The fourth-order valence-electron chi connectivity index (χ4n) is 5.14. The summed E-state index contributed by atoms with van der Waals surface area (Å²) < 4.78 is 8.48. The Morgan fingerprint density at radius 3 is 2.42 bits per heavy atom. The molecule has 1 spiro atoms. The molecule has 2 aromatic rings. The smallest absolute Gasteiger partial charge is 0.410 e. The Labute approximate surface area is 191 Å². The number of likely N-dealkylation sites (tertiary alicyclic amines) is 1. The summed E-state index contributed by atoms with van der Waals surface area (Å²) in [6.07, 6.45) is 0.264. The lowest BCUT2D eigenvalue weighted by Crippen LogP contribution is -2.73. The normalized spacial score (nSPS) is 22.2. The summed E-state index contributed by atoms with van der Waals surface area (Å²) in [6.45, 7) is 8.63. The molecule has 1 N–H and O–H groups in total. The molecule has 0 aliphatic carbocycles. The number of aryl methyl sites for hydroxylation is 1. The van der Waals surface area contributed by atoms with Gasteiger partial charge in [-0.05, 0) is 45.4 Å². The number of fused-ring (bicyclic) bond motifs is 1. The molecule has 3 fully saturated rings. The first-order valence-electron chi connectivity index (χ1n) is 11.2. The fraction of sp³-hybridized carbons (Fsp3) is 0.565. The quantitative estimate of drug-likeness (QED) is 0.686. The SMILES string of the molecule is Cn1c(=O)n(C2CCC(=O)NC2=O)c2ccc(N3CC4(CN(C(=O)OC(C)(C)C)C4)C3)cc21. The number of anilines is 1. The molecule has 3 aliphatic heterocycles. The molecule has 33 heavy (non-hydrogen) atoms. The predicted octanol–water partition coefficient (Wildman–Crippen LogP) is 1.37. The average molecular weight is 456 g/mol. The van der Waals surface area contributed by atoms with E-state index in [9.17, 15) is 19.2 Å². The van der Waals surface area contributed by atoms with Crippen molar-refractivity contribution < 1.29 is 19.1 Å². The van der Waals surface area contributed by atoms with Crippen LogP contribution < -0.4 is 15.9 Å². The van der Waals surface area contributed by atoms with Crippen molar-refractivity contribution >= 4 is 34.6 Å². The number of rotatable bonds is 2. The van der Waals surface area contributed by atoms with E-state index in [0.717, 1.165) is 24.3 Å². The second kappa shape index (κ2) is 7.10. The summed E-state index contributed by atoms with van der Waals surface area (Å²) in [5.74, 6) is -0.742. The first-order chi connectivity index (χ1) is 15.5. The molecule has 3 aliphatic rings. The van der Waals surface area contributed by atoms with Gasteiger partial charge in [-0.15, -0.1) is 0 Å². The van der Waals surface area contributed by atoms with Gasteiger partial charge in [0.05, 0.1) is 11.0 Å². The number of hydrogen-bond acceptors (Lipinski definition) is 6. The Balaban J connectivity index is 1.31. The zero-order valence-corrected chi connectivity index (χ0v) is 19.4. The first-order valence-corrected chi connectivity index (χ1v) is 11.2. The highest BCUT2D eigenvalue weighted by Crippen LogP contribution is 2.43. The highest BCUT2D eigenvalue weighted by atomic mass is 16.6. The maximum Gasteiger partial charge on any atom is 0.410 e. The number of benzene rings is 1. The second-order valence-corrected chi connectivity index (χ2v) is 10.5. The fourth-order valence-corrected chi connectivity index (χ4v) is 5.14. The Morgan fingerprint density at radius 1 is 1.09 bits per heavy atom. The van der Waals surface area contributed by atoms with Crippen molar-refractivity contribution in [1.82, 2.24) is 19.4 Å². The predicted molar refractivity (Wildman–Crippen MR) is 121 cm³/mol. The van der Waals surface area contributed by atoms with Crippen LogP contribution in [0.3, 0.4) is 0 Å². The van der Waals surface area contributed by atoms with Crippen LogP contribution in [-0.2, 0) is 21.4 Å². The molecular formula is C23H29N5O5. The molecule has 1 aromatic heterocycles. The summed E-state index contributed by atoms with van der Waals surface area (Å²) in [7, 11) is 1.69. The summed E-state index contributed by atoms with van der Waals surface area (Å²) in [5, 5.41) is 2.33. The summed E-state index contributed by atoms with van der Waals surface area (Å²) in [6, 6.07) is 5.11. The van der Waals surface area contributed by atoms with Crippen molar-refractivity contribution in [2.75, 3.05) is 31.1 Å². The molecule has 176 valence electrons. The number of carbonyl (C=O) groups is 3. The van der Waals surface area contributed by atoms with E-state index in [1.54, 1.807) is 16.5 Å². The largest absolute Gasteiger partial charge is 0.444 e. The van der Waals surface area contributed by atoms with Gasteiger partial charge in [0.15, 0.2) is 0 Å². The van der Waals surface area contributed by atoms with E-state index < -0.39 is 17.6 Å². The van der Waals surface area contributed by atoms with Gasteiger partial charge >= 0.3 is 11.8 Å². The summed E-state index contributed by atoms with van der Waals surface area (Å²) >= 11 is 0. The topological polar surface area (TPSA) is 106 Å². The van der Waals surface area contributed by atoms with E-state index in [4.69, 9.17) is 4.74 Å². The zero-order valence-electron chi connectivity index (χ0n) is 19.4. The van der Waals surface area contributed by atoms with Gasteiger partial charge in [-0.25, -0.2) is 9.59 Å². The molecule has 5 rings (SSSR count). The average Bonchev–Trinajstić information content (AvgIpc) is 2.89. The minimum Gasteiger partial charge on any atom is -0.444 e. The lowest BCUT2D eigenvalue weighted by Gasteiger charge is -2.60. The minimum atomic E-state index is -0.689. The number of ether oxygens (including phenoxy) is 1.